The van der Waals surface area contributed by atoms with Gasteiger partial charge in [-0.05, 0) is 59.3 Å². The van der Waals surface area contributed by atoms with Crippen LogP contribution >= 0.6 is 0 Å². The van der Waals surface area contributed by atoms with Crippen molar-refractivity contribution in [2.75, 3.05) is 40.8 Å². The maximum atomic E-state index is 11.8. The number of carbonyl (C=O) groups is 1. The summed E-state index contributed by atoms with van der Waals surface area (Å²) in [6.07, 6.45) is 5.68. The zero-order chi connectivity index (χ0) is 14.5. The van der Waals surface area contributed by atoms with Crippen molar-refractivity contribution in [3.05, 3.63) is 0 Å². The maximum Gasteiger partial charge on any atom is 0.322 e. The molecule has 0 aromatic carbocycles. The molecule has 1 atom stereocenters. The molecule has 1 aliphatic carbocycles. The monoisotopic (exact) mass is 283 g/mol. The molecule has 1 saturated carbocycles. The molecule has 0 radical (unpaired) electrons. The van der Waals surface area contributed by atoms with Crippen molar-refractivity contribution in [3.8, 4) is 0 Å². The van der Waals surface area contributed by atoms with E-state index in [0.29, 0.717) is 12.1 Å². The van der Waals surface area contributed by atoms with Crippen molar-refractivity contribution < 1.29 is 9.53 Å². The van der Waals surface area contributed by atoms with E-state index < -0.39 is 0 Å². The quantitative estimate of drug-likeness (QED) is 0.697. The fourth-order valence-electron chi connectivity index (χ4n) is 2.90. The number of hydrogen-bond acceptors (Lipinski definition) is 5. The second-order valence-electron chi connectivity index (χ2n) is 6.32. The lowest BCUT2D eigenvalue weighted by molar-refractivity contribution is -0.143. The predicted molar refractivity (Wildman–Crippen MR) is 79.7 cm³/mol. The van der Waals surface area contributed by atoms with E-state index in [2.05, 4.69) is 29.2 Å². The molecule has 2 fully saturated rings. The average Bonchev–Trinajstić information content (AvgIpc) is 3.27. The standard InChI is InChI=1S/C15H29N3O2/c1-17-9-6-13(7-10-17)18(2)11-8-14(15(19)20-3)16-12-4-5-12/h12-14,16H,4-11H2,1-3H3. The van der Waals surface area contributed by atoms with Crippen molar-refractivity contribution >= 4 is 5.97 Å². The van der Waals surface area contributed by atoms with Crippen LogP contribution in [0.2, 0.25) is 0 Å². The zero-order valence-electron chi connectivity index (χ0n) is 13.1. The number of esters is 1. The topological polar surface area (TPSA) is 44.8 Å². The number of carbonyl (C=O) groups excluding carboxylic acids is 1. The van der Waals surface area contributed by atoms with Crippen molar-refractivity contribution in [2.24, 2.45) is 0 Å². The van der Waals surface area contributed by atoms with E-state index in [4.69, 9.17) is 4.74 Å². The molecule has 0 bridgehead atoms. The minimum atomic E-state index is -0.138. The maximum absolute atomic E-state index is 11.8. The second-order valence-corrected chi connectivity index (χ2v) is 6.32. The number of hydrogen-bond donors (Lipinski definition) is 1. The summed E-state index contributed by atoms with van der Waals surface area (Å²) < 4.78 is 4.91. The van der Waals surface area contributed by atoms with Gasteiger partial charge < -0.3 is 19.9 Å². The summed E-state index contributed by atoms with van der Waals surface area (Å²) in [6, 6.07) is 1.05. The molecule has 20 heavy (non-hydrogen) atoms. The van der Waals surface area contributed by atoms with Gasteiger partial charge in [-0.15, -0.1) is 0 Å². The van der Waals surface area contributed by atoms with Crippen molar-refractivity contribution in [1.82, 2.24) is 15.1 Å². The molecule has 2 aliphatic rings. The van der Waals surface area contributed by atoms with Crippen LogP contribution in [0.15, 0.2) is 0 Å². The summed E-state index contributed by atoms with van der Waals surface area (Å²) in [5.74, 6) is -0.117. The Hall–Kier alpha value is -0.650. The van der Waals surface area contributed by atoms with Crippen LogP contribution in [0.3, 0.4) is 0 Å². The SMILES string of the molecule is COC(=O)C(CCN(C)C1CCN(C)CC1)NC1CC1. The third kappa shape index (κ3) is 4.72. The summed E-state index contributed by atoms with van der Waals surface area (Å²) >= 11 is 0. The lowest BCUT2D eigenvalue weighted by Crippen LogP contribution is -2.45. The number of methoxy groups -OCH3 is 1. The van der Waals surface area contributed by atoms with E-state index in [0.717, 1.165) is 13.0 Å². The molecule has 0 aromatic rings. The summed E-state index contributed by atoms with van der Waals surface area (Å²) in [5, 5.41) is 3.40. The Bertz CT molecular complexity index is 312. The van der Waals surface area contributed by atoms with Gasteiger partial charge in [0.05, 0.1) is 7.11 Å². The Kier molecular flexibility index (Phi) is 5.81. The summed E-state index contributed by atoms with van der Waals surface area (Å²) in [5.41, 5.74) is 0. The lowest BCUT2D eigenvalue weighted by Gasteiger charge is -2.35. The molecular formula is C15H29N3O2. The third-order valence-corrected chi connectivity index (χ3v) is 4.58. The first-order valence-electron chi connectivity index (χ1n) is 7.83. The van der Waals surface area contributed by atoms with Crippen LogP contribution in [0.4, 0.5) is 0 Å². The van der Waals surface area contributed by atoms with Crippen LogP contribution in [0.1, 0.15) is 32.1 Å². The molecule has 1 N–H and O–H groups in total. The van der Waals surface area contributed by atoms with E-state index in [1.807, 2.05) is 0 Å². The number of nitrogens with zero attached hydrogens (tertiary/aromatic N) is 2. The van der Waals surface area contributed by atoms with Gasteiger partial charge in [0, 0.05) is 18.6 Å². The van der Waals surface area contributed by atoms with Gasteiger partial charge in [0.15, 0.2) is 0 Å². The van der Waals surface area contributed by atoms with E-state index in [1.54, 1.807) is 0 Å². The van der Waals surface area contributed by atoms with E-state index in [1.165, 1.54) is 45.9 Å². The second kappa shape index (κ2) is 7.38. The van der Waals surface area contributed by atoms with Crippen LogP contribution < -0.4 is 5.32 Å². The Balaban J connectivity index is 1.74. The third-order valence-electron chi connectivity index (χ3n) is 4.58. The zero-order valence-corrected chi connectivity index (χ0v) is 13.1. The Morgan fingerprint density at radius 2 is 2.00 bits per heavy atom. The van der Waals surface area contributed by atoms with Gasteiger partial charge in [-0.1, -0.05) is 0 Å². The van der Waals surface area contributed by atoms with E-state index in [9.17, 15) is 4.79 Å². The highest BCUT2D eigenvalue weighted by Crippen LogP contribution is 2.21. The molecule has 0 spiro atoms. The molecule has 116 valence electrons. The normalized spacial score (nSPS) is 23.0. The molecule has 0 aromatic heterocycles. The van der Waals surface area contributed by atoms with Gasteiger partial charge in [0.25, 0.3) is 0 Å². The number of likely N-dealkylation sites (tertiary alicyclic amines) is 1. The van der Waals surface area contributed by atoms with Crippen molar-refractivity contribution in [2.45, 2.75) is 50.2 Å². The Labute approximate surface area is 122 Å². The first-order chi connectivity index (χ1) is 9.60. The van der Waals surface area contributed by atoms with Gasteiger partial charge in [0.2, 0.25) is 0 Å². The number of ether oxygens (including phenoxy) is 1. The molecular weight excluding hydrogens is 254 g/mol. The Morgan fingerprint density at radius 3 is 2.55 bits per heavy atom. The fraction of sp³-hybridized carbons (Fsp3) is 0.933. The predicted octanol–water partition coefficient (Wildman–Crippen LogP) is 0.696. The van der Waals surface area contributed by atoms with Crippen LogP contribution in [-0.4, -0.2) is 74.7 Å². The summed E-state index contributed by atoms with van der Waals surface area (Å²) in [4.78, 5) is 16.6. The molecule has 0 amide bonds. The van der Waals surface area contributed by atoms with Crippen LogP contribution in [0.5, 0.6) is 0 Å². The lowest BCUT2D eigenvalue weighted by atomic mass is 10.0. The number of nitrogens with one attached hydrogen (secondary N) is 1. The molecule has 1 aliphatic heterocycles. The fourth-order valence-corrected chi connectivity index (χ4v) is 2.90. The van der Waals surface area contributed by atoms with E-state index in [-0.39, 0.29) is 12.0 Å². The minimum absolute atomic E-state index is 0.117. The molecule has 1 heterocycles. The van der Waals surface area contributed by atoms with Gasteiger partial charge in [0.1, 0.15) is 6.04 Å². The highest BCUT2D eigenvalue weighted by Gasteiger charge is 2.29. The number of rotatable bonds is 7. The Morgan fingerprint density at radius 1 is 1.35 bits per heavy atom. The molecule has 5 nitrogen and oxygen atoms in total. The van der Waals surface area contributed by atoms with E-state index >= 15 is 0 Å². The van der Waals surface area contributed by atoms with Crippen molar-refractivity contribution in [3.63, 3.8) is 0 Å². The average molecular weight is 283 g/mol. The van der Waals surface area contributed by atoms with Gasteiger partial charge in [-0.2, -0.15) is 0 Å². The van der Waals surface area contributed by atoms with Crippen LogP contribution in [-0.2, 0) is 9.53 Å². The summed E-state index contributed by atoms with van der Waals surface area (Å²) in [7, 11) is 5.84. The highest BCUT2D eigenvalue weighted by atomic mass is 16.5. The summed E-state index contributed by atoms with van der Waals surface area (Å²) in [6.45, 7) is 3.30. The van der Waals surface area contributed by atoms with Gasteiger partial charge >= 0.3 is 5.97 Å². The smallest absolute Gasteiger partial charge is 0.322 e. The number of piperidine rings is 1. The van der Waals surface area contributed by atoms with Crippen LogP contribution in [0.25, 0.3) is 0 Å². The van der Waals surface area contributed by atoms with Crippen molar-refractivity contribution in [1.29, 1.82) is 0 Å². The first-order valence-corrected chi connectivity index (χ1v) is 7.83. The van der Waals surface area contributed by atoms with Gasteiger partial charge in [-0.3, -0.25) is 4.79 Å². The highest BCUT2D eigenvalue weighted by molar-refractivity contribution is 5.75. The largest absolute Gasteiger partial charge is 0.468 e. The first kappa shape index (κ1) is 15.7. The molecule has 1 saturated heterocycles. The van der Waals surface area contributed by atoms with Gasteiger partial charge in [-0.25, -0.2) is 0 Å². The molecule has 2 rings (SSSR count). The molecule has 1 unspecified atom stereocenters. The minimum Gasteiger partial charge on any atom is -0.468 e. The van der Waals surface area contributed by atoms with Crippen LogP contribution in [0, 0.1) is 0 Å². The molecule has 5 heteroatoms.